The number of benzene rings is 1. The molecule has 1 aromatic heterocycles. The first kappa shape index (κ1) is 16.5. The Morgan fingerprint density at radius 3 is 2.62 bits per heavy atom. The van der Waals surface area contributed by atoms with Gasteiger partial charge in [-0.1, -0.05) is 30.3 Å². The molecule has 1 aromatic carbocycles. The number of amides is 1. The fraction of sp³-hybridized carbons (Fsp3) is 0.412. The van der Waals surface area contributed by atoms with Gasteiger partial charge in [-0.25, -0.2) is 0 Å². The van der Waals surface area contributed by atoms with Crippen LogP contribution in [-0.4, -0.2) is 59.3 Å². The normalized spacial score (nSPS) is 24.3. The van der Waals surface area contributed by atoms with Crippen LogP contribution in [0.4, 0.5) is 0 Å². The molecule has 0 aliphatic carbocycles. The summed E-state index contributed by atoms with van der Waals surface area (Å²) >= 11 is 0. The van der Waals surface area contributed by atoms with E-state index in [1.807, 2.05) is 49.3 Å². The van der Waals surface area contributed by atoms with Crippen molar-refractivity contribution >= 4 is 5.91 Å². The maximum absolute atomic E-state index is 12.4. The molecule has 2 atom stereocenters. The standard InChI is InChI=1S/C17H21N3O4/c1-19(2)17(12-6-4-3-5-7-12)8-9-20(11-14(17)21)16(23)13-10-15(22)18-24-13/h3-7,10,14,21H,8-9,11H2,1-2H3,(H,18,22)/t14-,17+/m1/s1. The third-order valence-electron chi connectivity index (χ3n) is 4.80. The molecule has 128 valence electrons. The molecular formula is C17H21N3O4. The summed E-state index contributed by atoms with van der Waals surface area (Å²) < 4.78 is 4.88. The fourth-order valence-electron chi connectivity index (χ4n) is 3.50. The monoisotopic (exact) mass is 331 g/mol. The van der Waals surface area contributed by atoms with Crippen molar-refractivity contribution in [1.82, 2.24) is 15.0 Å². The Kier molecular flexibility index (Phi) is 4.29. The van der Waals surface area contributed by atoms with E-state index in [1.54, 1.807) is 0 Å². The van der Waals surface area contributed by atoms with Gasteiger partial charge >= 0.3 is 0 Å². The second kappa shape index (κ2) is 6.26. The largest absolute Gasteiger partial charge is 0.389 e. The number of hydrogen-bond donors (Lipinski definition) is 2. The number of aliphatic hydroxyl groups excluding tert-OH is 1. The number of nitrogens with zero attached hydrogens (tertiary/aromatic N) is 2. The topological polar surface area (TPSA) is 89.8 Å². The van der Waals surface area contributed by atoms with Crippen LogP contribution in [0.3, 0.4) is 0 Å². The average molecular weight is 331 g/mol. The molecular weight excluding hydrogens is 310 g/mol. The van der Waals surface area contributed by atoms with Gasteiger partial charge in [0.2, 0.25) is 5.76 Å². The Balaban J connectivity index is 1.86. The lowest BCUT2D eigenvalue weighted by molar-refractivity contribution is -0.0617. The molecule has 0 bridgehead atoms. The van der Waals surface area contributed by atoms with E-state index in [1.165, 1.54) is 4.90 Å². The predicted molar refractivity (Wildman–Crippen MR) is 87.7 cm³/mol. The number of likely N-dealkylation sites (tertiary alicyclic amines) is 1. The van der Waals surface area contributed by atoms with Crippen LogP contribution < -0.4 is 5.56 Å². The van der Waals surface area contributed by atoms with Gasteiger partial charge in [0, 0.05) is 13.1 Å². The summed E-state index contributed by atoms with van der Waals surface area (Å²) in [6.45, 7) is 0.624. The number of likely N-dealkylation sites (N-methyl/N-ethyl adjacent to an activating group) is 1. The van der Waals surface area contributed by atoms with Gasteiger partial charge in [-0.3, -0.25) is 14.5 Å². The predicted octanol–water partition coefficient (Wildman–Crippen LogP) is 0.632. The molecule has 1 amide bonds. The molecule has 3 rings (SSSR count). The number of piperidine rings is 1. The number of aromatic nitrogens is 1. The number of rotatable bonds is 3. The van der Waals surface area contributed by atoms with Gasteiger partial charge in [0.25, 0.3) is 11.5 Å². The lowest BCUT2D eigenvalue weighted by atomic mass is 9.77. The molecule has 0 radical (unpaired) electrons. The van der Waals surface area contributed by atoms with Crippen LogP contribution in [0.25, 0.3) is 0 Å². The Morgan fingerprint density at radius 1 is 1.38 bits per heavy atom. The zero-order chi connectivity index (χ0) is 17.3. The van der Waals surface area contributed by atoms with Gasteiger partial charge in [-0.15, -0.1) is 0 Å². The number of aromatic amines is 1. The Hall–Kier alpha value is -2.38. The number of β-amino-alcohol motifs (C(OH)–C–C–N with tert-alkyl or cyclic N) is 1. The van der Waals surface area contributed by atoms with E-state index >= 15 is 0 Å². The molecule has 2 aromatic rings. The maximum Gasteiger partial charge on any atom is 0.292 e. The van der Waals surface area contributed by atoms with Gasteiger partial charge < -0.3 is 14.5 Å². The van der Waals surface area contributed by atoms with E-state index in [0.717, 1.165) is 11.6 Å². The molecule has 0 spiro atoms. The van der Waals surface area contributed by atoms with Crippen LogP contribution in [0, 0.1) is 0 Å². The van der Waals surface area contributed by atoms with Crippen molar-refractivity contribution in [3.63, 3.8) is 0 Å². The highest BCUT2D eigenvalue weighted by Crippen LogP contribution is 2.37. The summed E-state index contributed by atoms with van der Waals surface area (Å²) in [6, 6.07) is 10.9. The molecule has 7 heteroatoms. The van der Waals surface area contributed by atoms with Crippen LogP contribution in [0.15, 0.2) is 45.7 Å². The molecule has 1 aliphatic heterocycles. The smallest absolute Gasteiger partial charge is 0.292 e. The summed E-state index contributed by atoms with van der Waals surface area (Å²) in [4.78, 5) is 27.1. The number of aliphatic hydroxyl groups is 1. The first-order valence-electron chi connectivity index (χ1n) is 7.84. The third-order valence-corrected chi connectivity index (χ3v) is 4.80. The molecule has 7 nitrogen and oxygen atoms in total. The zero-order valence-electron chi connectivity index (χ0n) is 13.7. The first-order valence-corrected chi connectivity index (χ1v) is 7.84. The Bertz CT molecular complexity index is 767. The second-order valence-corrected chi connectivity index (χ2v) is 6.28. The Labute approximate surface area is 139 Å². The van der Waals surface area contributed by atoms with Crippen molar-refractivity contribution in [2.45, 2.75) is 18.1 Å². The highest BCUT2D eigenvalue weighted by Gasteiger charge is 2.46. The Morgan fingerprint density at radius 2 is 2.08 bits per heavy atom. The van der Waals surface area contributed by atoms with Gasteiger partial charge in [0.15, 0.2) is 0 Å². The quantitative estimate of drug-likeness (QED) is 0.861. The lowest BCUT2D eigenvalue weighted by Crippen LogP contribution is -2.60. The van der Waals surface area contributed by atoms with Gasteiger partial charge in [0.05, 0.1) is 17.7 Å². The lowest BCUT2D eigenvalue weighted by Gasteiger charge is -2.49. The van der Waals surface area contributed by atoms with E-state index in [4.69, 9.17) is 4.52 Å². The third kappa shape index (κ3) is 2.65. The zero-order valence-corrected chi connectivity index (χ0v) is 13.7. The highest BCUT2D eigenvalue weighted by molar-refractivity contribution is 5.91. The van der Waals surface area contributed by atoms with Crippen LogP contribution in [-0.2, 0) is 5.54 Å². The van der Waals surface area contributed by atoms with E-state index in [-0.39, 0.29) is 12.3 Å². The summed E-state index contributed by atoms with van der Waals surface area (Å²) in [5.74, 6) is -0.433. The molecule has 1 aliphatic rings. The molecule has 2 heterocycles. The summed E-state index contributed by atoms with van der Waals surface area (Å²) in [5.41, 5.74) is 0.00224. The maximum atomic E-state index is 12.4. The van der Waals surface area contributed by atoms with Crippen LogP contribution >= 0.6 is 0 Å². The highest BCUT2D eigenvalue weighted by atomic mass is 16.5. The SMILES string of the molecule is CN(C)[C@]1(c2ccccc2)CCN(C(=O)c2cc(=O)[nH]o2)C[C@H]1O. The van der Waals surface area contributed by atoms with Crippen molar-refractivity contribution < 1.29 is 14.4 Å². The number of hydrogen-bond acceptors (Lipinski definition) is 5. The van der Waals surface area contributed by atoms with Gasteiger partial charge in [-0.2, -0.15) is 5.16 Å². The minimum absolute atomic E-state index is 0.0377. The van der Waals surface area contributed by atoms with Crippen molar-refractivity contribution in [2.75, 3.05) is 27.2 Å². The van der Waals surface area contributed by atoms with Crippen molar-refractivity contribution in [2.24, 2.45) is 0 Å². The molecule has 2 N–H and O–H groups in total. The van der Waals surface area contributed by atoms with E-state index in [0.29, 0.717) is 13.0 Å². The number of nitrogens with one attached hydrogen (secondary N) is 1. The molecule has 0 saturated carbocycles. The van der Waals surface area contributed by atoms with E-state index in [2.05, 4.69) is 5.16 Å². The summed E-state index contributed by atoms with van der Waals surface area (Å²) in [5, 5.41) is 13.0. The minimum Gasteiger partial charge on any atom is -0.389 e. The molecule has 24 heavy (non-hydrogen) atoms. The summed E-state index contributed by atoms with van der Waals surface area (Å²) in [7, 11) is 3.86. The van der Waals surface area contributed by atoms with E-state index in [9.17, 15) is 14.7 Å². The number of carbonyl (C=O) groups is 1. The first-order chi connectivity index (χ1) is 11.4. The van der Waals surface area contributed by atoms with Gasteiger partial charge in [-0.05, 0) is 26.1 Å². The van der Waals surface area contributed by atoms with Crippen molar-refractivity contribution in [3.8, 4) is 0 Å². The molecule has 1 saturated heterocycles. The average Bonchev–Trinajstić information content (AvgIpc) is 3.01. The second-order valence-electron chi connectivity index (χ2n) is 6.28. The fourth-order valence-corrected chi connectivity index (χ4v) is 3.50. The van der Waals surface area contributed by atoms with Crippen molar-refractivity contribution in [1.29, 1.82) is 0 Å². The van der Waals surface area contributed by atoms with Crippen molar-refractivity contribution in [3.05, 3.63) is 58.1 Å². The minimum atomic E-state index is -0.765. The molecule has 0 unspecified atom stereocenters. The number of H-pyrrole nitrogens is 1. The van der Waals surface area contributed by atoms with Crippen LogP contribution in [0.2, 0.25) is 0 Å². The van der Waals surface area contributed by atoms with Crippen LogP contribution in [0.5, 0.6) is 0 Å². The van der Waals surface area contributed by atoms with Crippen LogP contribution in [0.1, 0.15) is 22.5 Å². The number of carbonyl (C=O) groups excluding carboxylic acids is 1. The van der Waals surface area contributed by atoms with Gasteiger partial charge in [0.1, 0.15) is 0 Å². The summed E-state index contributed by atoms with van der Waals surface area (Å²) in [6.07, 6.45) is -0.191. The van der Waals surface area contributed by atoms with E-state index < -0.39 is 23.1 Å². The molecule has 1 fully saturated rings.